The first kappa shape index (κ1) is 20.6. The average molecular weight is 410 g/mol. The zero-order chi connectivity index (χ0) is 19.9. The van der Waals surface area contributed by atoms with Gasteiger partial charge in [0, 0.05) is 0 Å². The first-order valence-corrected chi connectivity index (χ1v) is 10.4. The van der Waals surface area contributed by atoms with Crippen LogP contribution in [0.25, 0.3) is 0 Å². The van der Waals surface area contributed by atoms with Crippen LogP contribution in [0.3, 0.4) is 0 Å². The Morgan fingerprint density at radius 1 is 1.15 bits per heavy atom. The normalized spacial score (nSPS) is 32.5. The Kier molecular flexibility index (Phi) is 5.64. The van der Waals surface area contributed by atoms with Crippen LogP contribution in [0.5, 0.6) is 0 Å². The third-order valence-electron chi connectivity index (χ3n) is 5.75. The van der Waals surface area contributed by atoms with Crippen molar-refractivity contribution in [2.75, 3.05) is 20.0 Å². The van der Waals surface area contributed by atoms with E-state index in [1.54, 1.807) is 0 Å². The van der Waals surface area contributed by atoms with E-state index in [1.807, 2.05) is 0 Å². The maximum Gasteiger partial charge on any atom is 0.392 e. The molecule has 0 atom stereocenters. The molecule has 0 spiro atoms. The summed E-state index contributed by atoms with van der Waals surface area (Å²) in [7, 11) is -5.58. The lowest BCUT2D eigenvalue weighted by Gasteiger charge is -2.56. The summed E-state index contributed by atoms with van der Waals surface area (Å²) in [5.41, 5.74) is -0.486. The Balaban J connectivity index is 1.39. The van der Waals surface area contributed by atoms with Gasteiger partial charge in [-0.15, -0.1) is 0 Å². The summed E-state index contributed by atoms with van der Waals surface area (Å²) < 4.78 is 70.7. The van der Waals surface area contributed by atoms with E-state index in [0.29, 0.717) is 17.8 Å². The van der Waals surface area contributed by atoms with Gasteiger partial charge in [0.15, 0.2) is 6.79 Å². The fourth-order valence-corrected chi connectivity index (χ4v) is 5.18. The molecule has 0 heterocycles. The second kappa shape index (κ2) is 7.38. The predicted molar refractivity (Wildman–Crippen MR) is 89.4 cm³/mol. The number of hydrogen-bond acceptors (Lipinski definition) is 6. The molecule has 0 unspecified atom stereocenters. The average Bonchev–Trinajstić information content (AvgIpc) is 2.51. The number of halogens is 2. The molecule has 4 aliphatic rings. The third kappa shape index (κ3) is 4.67. The Morgan fingerprint density at radius 2 is 1.67 bits per heavy atom. The molecule has 0 amide bonds. The van der Waals surface area contributed by atoms with Crippen LogP contribution in [0.4, 0.5) is 8.78 Å². The smallest absolute Gasteiger partial charge is 0.392 e. The first-order chi connectivity index (χ1) is 12.5. The maximum absolute atomic E-state index is 13.0. The molecule has 154 valence electrons. The molecule has 0 aliphatic heterocycles. The molecule has 1 N–H and O–H groups in total. The highest BCUT2D eigenvalue weighted by atomic mass is 32.2. The van der Waals surface area contributed by atoms with Crippen LogP contribution in [0, 0.1) is 17.8 Å². The first-order valence-electron chi connectivity index (χ1n) is 8.91. The van der Waals surface area contributed by atoms with E-state index in [4.69, 9.17) is 14.0 Å². The van der Waals surface area contributed by atoms with Gasteiger partial charge in [-0.2, -0.15) is 17.2 Å². The third-order valence-corrected chi connectivity index (χ3v) is 6.62. The lowest BCUT2D eigenvalue weighted by molar-refractivity contribution is -0.208. The standard InChI is InChI=1S/C17H24F2O7S/c1-11(8-24-9-17(18,19)27(21,22)23)15(20)25-10-26-16-5-12-2-13(6-16)4-14(3-12)7-16/h12-14H,1-10H2,(H,21,22,23). The summed E-state index contributed by atoms with van der Waals surface area (Å²) in [5.74, 6) is 1.18. The van der Waals surface area contributed by atoms with Crippen LogP contribution >= 0.6 is 0 Å². The summed E-state index contributed by atoms with van der Waals surface area (Å²) in [4.78, 5) is 11.8. The summed E-state index contributed by atoms with van der Waals surface area (Å²) in [6.07, 6.45) is 6.70. The van der Waals surface area contributed by atoms with Gasteiger partial charge in [-0.3, -0.25) is 4.55 Å². The fraction of sp³-hybridized carbons (Fsp3) is 0.824. The molecule has 4 bridgehead atoms. The highest BCUT2D eigenvalue weighted by Gasteiger charge is 2.51. The molecule has 4 saturated carbocycles. The number of alkyl halides is 2. The number of esters is 1. The molecular formula is C17H24F2O7S. The lowest BCUT2D eigenvalue weighted by atomic mass is 9.54. The van der Waals surface area contributed by atoms with Crippen LogP contribution < -0.4 is 0 Å². The topological polar surface area (TPSA) is 99.1 Å². The van der Waals surface area contributed by atoms with Crippen LogP contribution in [0.15, 0.2) is 12.2 Å². The zero-order valence-corrected chi connectivity index (χ0v) is 15.7. The van der Waals surface area contributed by atoms with Crippen molar-refractivity contribution in [1.82, 2.24) is 0 Å². The largest absolute Gasteiger partial charge is 0.435 e. The van der Waals surface area contributed by atoms with Gasteiger partial charge in [0.05, 0.1) is 17.8 Å². The van der Waals surface area contributed by atoms with Crippen LogP contribution in [-0.2, 0) is 29.1 Å². The highest BCUT2D eigenvalue weighted by molar-refractivity contribution is 7.86. The van der Waals surface area contributed by atoms with E-state index in [-0.39, 0.29) is 18.0 Å². The van der Waals surface area contributed by atoms with Gasteiger partial charge in [0.2, 0.25) is 0 Å². The van der Waals surface area contributed by atoms with Crippen molar-refractivity contribution in [2.24, 2.45) is 17.8 Å². The molecule has 7 nitrogen and oxygen atoms in total. The molecule has 0 aromatic rings. The zero-order valence-electron chi connectivity index (χ0n) is 14.9. The quantitative estimate of drug-likeness (QED) is 0.270. The number of carbonyl (C=O) groups excluding carboxylic acids is 1. The lowest BCUT2D eigenvalue weighted by Crippen LogP contribution is -2.52. The Morgan fingerprint density at radius 3 is 2.15 bits per heavy atom. The van der Waals surface area contributed by atoms with Gasteiger partial charge < -0.3 is 14.2 Å². The number of ether oxygens (including phenoxy) is 3. The van der Waals surface area contributed by atoms with E-state index in [2.05, 4.69) is 11.3 Å². The minimum absolute atomic E-state index is 0.232. The Bertz CT molecular complexity index is 669. The van der Waals surface area contributed by atoms with Crippen molar-refractivity contribution >= 4 is 16.1 Å². The molecule has 4 rings (SSSR count). The SMILES string of the molecule is C=C(COCC(F)(F)S(=O)(=O)O)C(=O)OCOC12CC3CC(CC(C3)C1)C2. The molecule has 4 aliphatic carbocycles. The highest BCUT2D eigenvalue weighted by Crippen LogP contribution is 2.57. The van der Waals surface area contributed by atoms with Gasteiger partial charge in [-0.1, -0.05) is 6.58 Å². The molecule has 0 radical (unpaired) electrons. The van der Waals surface area contributed by atoms with Gasteiger partial charge in [-0.05, 0) is 56.3 Å². The minimum Gasteiger partial charge on any atom is -0.435 e. The second-order valence-corrected chi connectivity index (χ2v) is 9.55. The van der Waals surface area contributed by atoms with Gasteiger partial charge in [0.1, 0.15) is 6.61 Å². The van der Waals surface area contributed by atoms with Crippen LogP contribution in [-0.4, -0.2) is 49.8 Å². The summed E-state index contributed by atoms with van der Waals surface area (Å²) in [6.45, 7) is 0.878. The number of hydrogen-bond donors (Lipinski definition) is 1. The molecule has 0 saturated heterocycles. The van der Waals surface area contributed by atoms with Gasteiger partial charge in [0.25, 0.3) is 0 Å². The van der Waals surface area contributed by atoms with E-state index in [1.165, 1.54) is 19.3 Å². The summed E-state index contributed by atoms with van der Waals surface area (Å²) in [6, 6.07) is 0. The summed E-state index contributed by atoms with van der Waals surface area (Å²) in [5, 5.41) is -4.46. The summed E-state index contributed by atoms with van der Waals surface area (Å²) >= 11 is 0. The molecule has 0 aromatic carbocycles. The molecular weight excluding hydrogens is 386 g/mol. The predicted octanol–water partition coefficient (Wildman–Crippen LogP) is 2.53. The molecule has 10 heteroatoms. The molecule has 4 fully saturated rings. The van der Waals surface area contributed by atoms with Crippen molar-refractivity contribution in [1.29, 1.82) is 0 Å². The van der Waals surface area contributed by atoms with Gasteiger partial charge >= 0.3 is 21.3 Å². The number of rotatable bonds is 9. The minimum atomic E-state index is -5.58. The van der Waals surface area contributed by atoms with Crippen molar-refractivity contribution in [3.8, 4) is 0 Å². The van der Waals surface area contributed by atoms with Crippen molar-refractivity contribution in [3.05, 3.63) is 12.2 Å². The second-order valence-electron chi connectivity index (χ2n) is 8.00. The van der Waals surface area contributed by atoms with Gasteiger partial charge in [-0.25, -0.2) is 4.79 Å². The van der Waals surface area contributed by atoms with Crippen molar-refractivity contribution in [3.63, 3.8) is 0 Å². The van der Waals surface area contributed by atoms with E-state index in [9.17, 15) is 22.0 Å². The van der Waals surface area contributed by atoms with E-state index >= 15 is 0 Å². The Labute approximate surface area is 156 Å². The fourth-order valence-electron chi connectivity index (χ4n) is 4.94. The van der Waals surface area contributed by atoms with Crippen molar-refractivity contribution in [2.45, 2.75) is 49.4 Å². The number of carbonyl (C=O) groups is 1. The monoisotopic (exact) mass is 410 g/mol. The van der Waals surface area contributed by atoms with E-state index < -0.39 is 34.6 Å². The molecule has 27 heavy (non-hydrogen) atoms. The van der Waals surface area contributed by atoms with Crippen LogP contribution in [0.1, 0.15) is 38.5 Å². The Hall–Kier alpha value is -1.10. The van der Waals surface area contributed by atoms with Crippen molar-refractivity contribution < 1.29 is 40.8 Å². The maximum atomic E-state index is 13.0. The van der Waals surface area contributed by atoms with E-state index in [0.717, 1.165) is 19.3 Å². The molecule has 0 aromatic heterocycles. The van der Waals surface area contributed by atoms with Crippen LogP contribution in [0.2, 0.25) is 0 Å².